The lowest BCUT2D eigenvalue weighted by Crippen LogP contribution is -2.52. The first-order valence-electron chi connectivity index (χ1n) is 10.5. The van der Waals surface area contributed by atoms with E-state index in [2.05, 4.69) is 11.0 Å². The molecule has 1 unspecified atom stereocenters. The number of amides is 2. The zero-order chi connectivity index (χ0) is 20.9. The van der Waals surface area contributed by atoms with E-state index in [1.54, 1.807) is 0 Å². The number of hydrogen-bond donors (Lipinski definition) is 0. The van der Waals surface area contributed by atoms with E-state index in [-0.39, 0.29) is 17.7 Å². The van der Waals surface area contributed by atoms with Crippen LogP contribution < -0.4 is 0 Å². The molecule has 2 aliphatic rings. The molecular formula is C23H26N4O2S. The van der Waals surface area contributed by atoms with Gasteiger partial charge in [0.2, 0.25) is 5.91 Å². The van der Waals surface area contributed by atoms with Gasteiger partial charge in [0, 0.05) is 45.8 Å². The van der Waals surface area contributed by atoms with Crippen molar-refractivity contribution in [2.24, 2.45) is 5.92 Å². The fourth-order valence-electron chi connectivity index (χ4n) is 4.25. The van der Waals surface area contributed by atoms with Crippen LogP contribution >= 0.6 is 11.3 Å². The first-order valence-corrected chi connectivity index (χ1v) is 11.3. The number of rotatable bonds is 4. The Morgan fingerprint density at radius 2 is 1.80 bits per heavy atom. The molecule has 4 rings (SSSR count). The van der Waals surface area contributed by atoms with Crippen LogP contribution in [0.25, 0.3) is 0 Å². The third kappa shape index (κ3) is 4.72. The predicted octanol–water partition coefficient (Wildman–Crippen LogP) is 2.82. The molecule has 1 aromatic heterocycles. The van der Waals surface area contributed by atoms with Gasteiger partial charge < -0.3 is 9.80 Å². The van der Waals surface area contributed by atoms with E-state index in [1.165, 1.54) is 16.9 Å². The Morgan fingerprint density at radius 1 is 1.03 bits per heavy atom. The summed E-state index contributed by atoms with van der Waals surface area (Å²) in [6, 6.07) is 13.6. The number of carbonyl (C=O) groups excluding carboxylic acids is 2. The molecule has 0 N–H and O–H groups in total. The van der Waals surface area contributed by atoms with Gasteiger partial charge in [0.25, 0.3) is 5.91 Å². The minimum Gasteiger partial charge on any atom is -0.340 e. The highest BCUT2D eigenvalue weighted by Gasteiger charge is 2.33. The standard InChI is InChI=1S/C23H26N4O2S/c24-15-18-5-7-19(8-6-18)16-25-10-12-26(13-11-25)22(28)20-3-1-9-27(17-20)23(29)21-4-2-14-30-21/h2,4-8,14,20H,1,3,9-13,16-17H2. The van der Waals surface area contributed by atoms with Crippen molar-refractivity contribution >= 4 is 23.2 Å². The van der Waals surface area contributed by atoms with Gasteiger partial charge in [-0.15, -0.1) is 11.3 Å². The van der Waals surface area contributed by atoms with Crippen LogP contribution in [-0.2, 0) is 11.3 Å². The highest BCUT2D eigenvalue weighted by atomic mass is 32.1. The van der Waals surface area contributed by atoms with Gasteiger partial charge in [-0.2, -0.15) is 5.26 Å². The fourth-order valence-corrected chi connectivity index (χ4v) is 4.94. The molecule has 2 aromatic rings. The van der Waals surface area contributed by atoms with Crippen LogP contribution in [-0.4, -0.2) is 65.8 Å². The van der Waals surface area contributed by atoms with E-state index in [1.807, 2.05) is 51.6 Å². The summed E-state index contributed by atoms with van der Waals surface area (Å²) < 4.78 is 0. The minimum atomic E-state index is -0.0901. The van der Waals surface area contributed by atoms with Crippen molar-refractivity contribution in [3.05, 3.63) is 57.8 Å². The first-order chi connectivity index (χ1) is 14.6. The van der Waals surface area contributed by atoms with E-state index < -0.39 is 0 Å². The number of piperidine rings is 1. The number of nitriles is 1. The minimum absolute atomic E-state index is 0.0507. The van der Waals surface area contributed by atoms with Crippen LogP contribution in [0.15, 0.2) is 41.8 Å². The zero-order valence-electron chi connectivity index (χ0n) is 17.0. The third-order valence-corrected chi connectivity index (χ3v) is 6.82. The van der Waals surface area contributed by atoms with Crippen LogP contribution in [0.3, 0.4) is 0 Å². The Labute approximate surface area is 181 Å². The summed E-state index contributed by atoms with van der Waals surface area (Å²) in [5.41, 5.74) is 1.86. The van der Waals surface area contributed by atoms with Gasteiger partial charge in [-0.3, -0.25) is 14.5 Å². The van der Waals surface area contributed by atoms with Crippen LogP contribution in [0, 0.1) is 17.2 Å². The number of likely N-dealkylation sites (tertiary alicyclic amines) is 1. The lowest BCUT2D eigenvalue weighted by Gasteiger charge is -2.39. The molecule has 1 atom stereocenters. The highest BCUT2D eigenvalue weighted by molar-refractivity contribution is 7.12. The van der Waals surface area contributed by atoms with Crippen LogP contribution in [0.1, 0.15) is 33.6 Å². The highest BCUT2D eigenvalue weighted by Crippen LogP contribution is 2.23. The van der Waals surface area contributed by atoms with E-state index in [4.69, 9.17) is 5.26 Å². The molecule has 0 saturated carbocycles. The molecule has 2 aliphatic heterocycles. The van der Waals surface area contributed by atoms with Crippen LogP contribution in [0.2, 0.25) is 0 Å². The number of thiophene rings is 1. The Hall–Kier alpha value is -2.69. The lowest BCUT2D eigenvalue weighted by molar-refractivity contribution is -0.138. The monoisotopic (exact) mass is 422 g/mol. The Balaban J connectivity index is 1.28. The molecule has 0 bridgehead atoms. The van der Waals surface area contributed by atoms with Crippen LogP contribution in [0.5, 0.6) is 0 Å². The molecule has 1 aromatic carbocycles. The maximum Gasteiger partial charge on any atom is 0.263 e. The summed E-state index contributed by atoms with van der Waals surface area (Å²) in [5.74, 6) is 0.152. The zero-order valence-corrected chi connectivity index (χ0v) is 17.8. The Morgan fingerprint density at radius 3 is 2.47 bits per heavy atom. The number of carbonyl (C=O) groups is 2. The van der Waals surface area contributed by atoms with Gasteiger partial charge >= 0.3 is 0 Å². The smallest absolute Gasteiger partial charge is 0.263 e. The average Bonchev–Trinajstić information content (AvgIpc) is 3.34. The largest absolute Gasteiger partial charge is 0.340 e. The van der Waals surface area contributed by atoms with E-state index >= 15 is 0 Å². The van der Waals surface area contributed by atoms with Crippen molar-refractivity contribution in [2.75, 3.05) is 39.3 Å². The summed E-state index contributed by atoms with van der Waals surface area (Å²) in [5, 5.41) is 10.8. The molecule has 2 saturated heterocycles. The summed E-state index contributed by atoms with van der Waals surface area (Å²) in [6.45, 7) is 5.24. The molecular weight excluding hydrogens is 396 g/mol. The molecule has 156 valence electrons. The Kier molecular flexibility index (Phi) is 6.46. The molecule has 0 aliphatic carbocycles. The average molecular weight is 423 g/mol. The first kappa shape index (κ1) is 20.6. The van der Waals surface area contributed by atoms with Crippen molar-refractivity contribution in [1.82, 2.24) is 14.7 Å². The van der Waals surface area contributed by atoms with Crippen molar-refractivity contribution in [3.63, 3.8) is 0 Å². The van der Waals surface area contributed by atoms with Gasteiger partial charge in [-0.25, -0.2) is 0 Å². The second-order valence-electron chi connectivity index (χ2n) is 7.98. The molecule has 2 amide bonds. The van der Waals surface area contributed by atoms with Gasteiger partial charge in [0.05, 0.1) is 22.4 Å². The van der Waals surface area contributed by atoms with Gasteiger partial charge in [-0.1, -0.05) is 18.2 Å². The summed E-state index contributed by atoms with van der Waals surface area (Å²) in [7, 11) is 0. The van der Waals surface area contributed by atoms with Gasteiger partial charge in [0.1, 0.15) is 0 Å². The molecule has 30 heavy (non-hydrogen) atoms. The van der Waals surface area contributed by atoms with Crippen molar-refractivity contribution in [3.8, 4) is 6.07 Å². The maximum atomic E-state index is 13.1. The van der Waals surface area contributed by atoms with Crippen LogP contribution in [0.4, 0.5) is 0 Å². The number of nitrogens with zero attached hydrogens (tertiary/aromatic N) is 4. The summed E-state index contributed by atoms with van der Waals surface area (Å²) >= 11 is 1.46. The SMILES string of the molecule is N#Cc1ccc(CN2CCN(C(=O)C3CCCN(C(=O)c4cccs4)C3)CC2)cc1. The van der Waals surface area contributed by atoms with E-state index in [0.29, 0.717) is 12.1 Å². The number of piperazine rings is 1. The molecule has 2 fully saturated rings. The molecule has 0 radical (unpaired) electrons. The molecule has 6 nitrogen and oxygen atoms in total. The fraction of sp³-hybridized carbons (Fsp3) is 0.435. The maximum absolute atomic E-state index is 13.1. The van der Waals surface area contributed by atoms with Gasteiger partial charge in [-0.05, 0) is 42.0 Å². The van der Waals surface area contributed by atoms with Crippen molar-refractivity contribution in [2.45, 2.75) is 19.4 Å². The molecule has 3 heterocycles. The third-order valence-electron chi connectivity index (χ3n) is 5.96. The van der Waals surface area contributed by atoms with E-state index in [9.17, 15) is 9.59 Å². The second-order valence-corrected chi connectivity index (χ2v) is 8.93. The topological polar surface area (TPSA) is 67.7 Å². The van der Waals surface area contributed by atoms with Crippen molar-refractivity contribution < 1.29 is 9.59 Å². The normalized spacial score (nSPS) is 20.0. The molecule has 7 heteroatoms. The summed E-state index contributed by atoms with van der Waals surface area (Å²) in [6.07, 6.45) is 1.74. The van der Waals surface area contributed by atoms with E-state index in [0.717, 1.165) is 57.0 Å². The van der Waals surface area contributed by atoms with Gasteiger partial charge in [0.15, 0.2) is 0 Å². The quantitative estimate of drug-likeness (QED) is 0.760. The number of hydrogen-bond acceptors (Lipinski definition) is 5. The lowest BCUT2D eigenvalue weighted by atomic mass is 9.96. The second kappa shape index (κ2) is 9.41. The molecule has 0 spiro atoms. The summed E-state index contributed by atoms with van der Waals surface area (Å²) in [4.78, 5) is 32.6. The Bertz CT molecular complexity index is 912. The predicted molar refractivity (Wildman–Crippen MR) is 116 cm³/mol. The number of benzene rings is 1. The van der Waals surface area contributed by atoms with Crippen molar-refractivity contribution in [1.29, 1.82) is 5.26 Å².